The molecular formula is C17H16N2O2. The molecule has 1 aromatic heterocycles. The van der Waals surface area contributed by atoms with Gasteiger partial charge in [0, 0.05) is 5.56 Å². The standard InChI is InChI=1S/C17H16N2O2/c1-12-8-9-15(10-13(12)2)20-11-16-18-17(19-21-16)14-6-4-3-5-7-14/h3-10H,11H2,1-2H3. The number of aryl methyl sites for hydroxylation is 2. The summed E-state index contributed by atoms with van der Waals surface area (Å²) in [6.07, 6.45) is 0. The molecule has 0 aliphatic heterocycles. The molecule has 4 nitrogen and oxygen atoms in total. The Hall–Kier alpha value is -2.62. The van der Waals surface area contributed by atoms with Gasteiger partial charge in [-0.3, -0.25) is 0 Å². The van der Waals surface area contributed by atoms with E-state index in [4.69, 9.17) is 9.26 Å². The molecule has 3 rings (SSSR count). The summed E-state index contributed by atoms with van der Waals surface area (Å²) in [5, 5.41) is 3.96. The molecule has 0 aliphatic carbocycles. The van der Waals surface area contributed by atoms with Gasteiger partial charge < -0.3 is 9.26 Å². The molecular weight excluding hydrogens is 264 g/mol. The van der Waals surface area contributed by atoms with Crippen LogP contribution in [-0.4, -0.2) is 10.1 Å². The summed E-state index contributed by atoms with van der Waals surface area (Å²) >= 11 is 0. The van der Waals surface area contributed by atoms with Crippen LogP contribution in [0.4, 0.5) is 0 Å². The van der Waals surface area contributed by atoms with Crippen molar-refractivity contribution in [2.75, 3.05) is 0 Å². The lowest BCUT2D eigenvalue weighted by atomic mass is 10.1. The fourth-order valence-electron chi connectivity index (χ4n) is 1.97. The van der Waals surface area contributed by atoms with Crippen LogP contribution in [0.5, 0.6) is 5.75 Å². The molecule has 106 valence electrons. The van der Waals surface area contributed by atoms with Gasteiger partial charge in [-0.05, 0) is 37.1 Å². The van der Waals surface area contributed by atoms with Crippen LogP contribution < -0.4 is 4.74 Å². The van der Waals surface area contributed by atoms with Crippen LogP contribution in [0.25, 0.3) is 11.4 Å². The van der Waals surface area contributed by atoms with Gasteiger partial charge in [0.05, 0.1) is 0 Å². The zero-order valence-electron chi connectivity index (χ0n) is 12.0. The van der Waals surface area contributed by atoms with Crippen LogP contribution in [0.3, 0.4) is 0 Å². The van der Waals surface area contributed by atoms with Crippen molar-refractivity contribution in [1.29, 1.82) is 0 Å². The van der Waals surface area contributed by atoms with Crippen molar-refractivity contribution in [3.8, 4) is 17.1 Å². The van der Waals surface area contributed by atoms with Crippen molar-refractivity contribution in [1.82, 2.24) is 10.1 Å². The van der Waals surface area contributed by atoms with E-state index in [1.807, 2.05) is 48.5 Å². The lowest BCUT2D eigenvalue weighted by Gasteiger charge is -2.05. The quantitative estimate of drug-likeness (QED) is 0.726. The second-order valence-corrected chi connectivity index (χ2v) is 4.91. The summed E-state index contributed by atoms with van der Waals surface area (Å²) in [4.78, 5) is 4.33. The van der Waals surface area contributed by atoms with Crippen molar-refractivity contribution in [3.05, 3.63) is 65.5 Å². The van der Waals surface area contributed by atoms with E-state index >= 15 is 0 Å². The molecule has 0 saturated carbocycles. The van der Waals surface area contributed by atoms with Gasteiger partial charge >= 0.3 is 0 Å². The second-order valence-electron chi connectivity index (χ2n) is 4.91. The van der Waals surface area contributed by atoms with E-state index < -0.39 is 0 Å². The van der Waals surface area contributed by atoms with Gasteiger partial charge in [0.1, 0.15) is 5.75 Å². The van der Waals surface area contributed by atoms with Crippen LogP contribution in [0.2, 0.25) is 0 Å². The predicted molar refractivity (Wildman–Crippen MR) is 80.0 cm³/mol. The first-order valence-electron chi connectivity index (χ1n) is 6.80. The minimum absolute atomic E-state index is 0.266. The number of hydrogen-bond acceptors (Lipinski definition) is 4. The summed E-state index contributed by atoms with van der Waals surface area (Å²) in [5.41, 5.74) is 3.37. The van der Waals surface area contributed by atoms with Crippen LogP contribution in [0.15, 0.2) is 53.1 Å². The first kappa shape index (κ1) is 13.4. The number of benzene rings is 2. The molecule has 0 spiro atoms. The molecule has 21 heavy (non-hydrogen) atoms. The highest BCUT2D eigenvalue weighted by Crippen LogP contribution is 2.19. The Morgan fingerprint density at radius 3 is 2.57 bits per heavy atom. The maximum Gasteiger partial charge on any atom is 0.264 e. The highest BCUT2D eigenvalue weighted by atomic mass is 16.5. The molecule has 3 aromatic rings. The zero-order chi connectivity index (χ0) is 14.7. The van der Waals surface area contributed by atoms with E-state index in [0.29, 0.717) is 11.7 Å². The van der Waals surface area contributed by atoms with E-state index in [0.717, 1.165) is 11.3 Å². The third-order valence-electron chi connectivity index (χ3n) is 3.34. The monoisotopic (exact) mass is 280 g/mol. The van der Waals surface area contributed by atoms with Crippen molar-refractivity contribution in [2.24, 2.45) is 0 Å². The third kappa shape index (κ3) is 3.11. The van der Waals surface area contributed by atoms with Gasteiger partial charge in [-0.1, -0.05) is 41.6 Å². The van der Waals surface area contributed by atoms with Crippen LogP contribution in [0.1, 0.15) is 17.0 Å². The Morgan fingerprint density at radius 1 is 1.00 bits per heavy atom. The Morgan fingerprint density at radius 2 is 1.81 bits per heavy atom. The molecule has 0 amide bonds. The van der Waals surface area contributed by atoms with Crippen molar-refractivity contribution in [3.63, 3.8) is 0 Å². The van der Waals surface area contributed by atoms with E-state index in [1.165, 1.54) is 11.1 Å². The molecule has 1 heterocycles. The average molecular weight is 280 g/mol. The van der Waals surface area contributed by atoms with Gasteiger partial charge in [0.2, 0.25) is 5.82 Å². The SMILES string of the molecule is Cc1ccc(OCc2nc(-c3ccccc3)no2)cc1C. The normalized spacial score (nSPS) is 10.6. The average Bonchev–Trinajstić information content (AvgIpc) is 2.98. The number of aromatic nitrogens is 2. The maximum atomic E-state index is 5.68. The number of hydrogen-bond donors (Lipinski definition) is 0. The fraction of sp³-hybridized carbons (Fsp3) is 0.176. The van der Waals surface area contributed by atoms with Gasteiger partial charge in [-0.2, -0.15) is 4.98 Å². The predicted octanol–water partition coefficient (Wildman–Crippen LogP) is 3.93. The van der Waals surface area contributed by atoms with Crippen LogP contribution in [0, 0.1) is 13.8 Å². The Bertz CT molecular complexity index is 736. The molecule has 0 aliphatic rings. The van der Waals surface area contributed by atoms with E-state index in [1.54, 1.807) is 0 Å². The largest absolute Gasteiger partial charge is 0.484 e. The number of nitrogens with zero attached hydrogens (tertiary/aromatic N) is 2. The molecule has 0 unspecified atom stereocenters. The first-order chi connectivity index (χ1) is 10.2. The maximum absolute atomic E-state index is 5.68. The van der Waals surface area contributed by atoms with Crippen molar-refractivity contribution in [2.45, 2.75) is 20.5 Å². The van der Waals surface area contributed by atoms with Gasteiger partial charge in [-0.15, -0.1) is 0 Å². The molecule has 0 radical (unpaired) electrons. The van der Waals surface area contributed by atoms with Gasteiger partial charge in [0.25, 0.3) is 5.89 Å². The van der Waals surface area contributed by atoms with E-state index in [9.17, 15) is 0 Å². The van der Waals surface area contributed by atoms with Crippen LogP contribution in [-0.2, 0) is 6.61 Å². The Labute approximate surface area is 123 Å². The lowest BCUT2D eigenvalue weighted by molar-refractivity contribution is 0.243. The molecule has 2 aromatic carbocycles. The highest BCUT2D eigenvalue weighted by Gasteiger charge is 2.08. The van der Waals surface area contributed by atoms with E-state index in [2.05, 4.69) is 24.0 Å². The summed E-state index contributed by atoms with van der Waals surface area (Å²) in [6, 6.07) is 15.7. The molecule has 0 fully saturated rings. The molecule has 0 atom stereocenters. The summed E-state index contributed by atoms with van der Waals surface area (Å²) in [7, 11) is 0. The smallest absolute Gasteiger partial charge is 0.264 e. The minimum atomic E-state index is 0.266. The second kappa shape index (κ2) is 5.79. The van der Waals surface area contributed by atoms with E-state index in [-0.39, 0.29) is 6.61 Å². The zero-order valence-corrected chi connectivity index (χ0v) is 12.0. The fourth-order valence-corrected chi connectivity index (χ4v) is 1.97. The summed E-state index contributed by atoms with van der Waals surface area (Å²) in [5.74, 6) is 1.85. The number of rotatable bonds is 4. The van der Waals surface area contributed by atoms with Crippen molar-refractivity contribution < 1.29 is 9.26 Å². The first-order valence-corrected chi connectivity index (χ1v) is 6.80. The van der Waals surface area contributed by atoms with Crippen LogP contribution >= 0.6 is 0 Å². The topological polar surface area (TPSA) is 48.2 Å². The van der Waals surface area contributed by atoms with Crippen molar-refractivity contribution >= 4 is 0 Å². The summed E-state index contributed by atoms with van der Waals surface area (Å²) < 4.78 is 10.9. The minimum Gasteiger partial charge on any atom is -0.484 e. The van der Waals surface area contributed by atoms with Gasteiger partial charge in [-0.25, -0.2) is 0 Å². The lowest BCUT2D eigenvalue weighted by Crippen LogP contribution is -1.96. The molecule has 0 N–H and O–H groups in total. The molecule has 0 saturated heterocycles. The Kier molecular flexibility index (Phi) is 3.69. The third-order valence-corrected chi connectivity index (χ3v) is 3.34. The summed E-state index contributed by atoms with van der Waals surface area (Å²) in [6.45, 7) is 4.40. The highest BCUT2D eigenvalue weighted by molar-refractivity contribution is 5.53. The Balaban J connectivity index is 1.69. The molecule has 4 heteroatoms. The van der Waals surface area contributed by atoms with Gasteiger partial charge in [0.15, 0.2) is 6.61 Å². The molecule has 0 bridgehead atoms. The number of ether oxygens (including phenoxy) is 1.